The van der Waals surface area contributed by atoms with Crippen LogP contribution in [0.5, 0.6) is 11.5 Å². The number of hydrogen-bond acceptors (Lipinski definition) is 3. The number of hydrogen-bond donors (Lipinski definition) is 1. The van der Waals surface area contributed by atoms with Crippen molar-refractivity contribution >= 4 is 0 Å². The maximum Gasteiger partial charge on any atom is 0.122 e. The predicted molar refractivity (Wildman–Crippen MR) is 81.6 cm³/mol. The van der Waals surface area contributed by atoms with Crippen LogP contribution in [0.25, 0.3) is 0 Å². The molecule has 2 N–H and O–H groups in total. The fraction of sp³-hybridized carbons (Fsp3) is 0.294. The zero-order valence-electron chi connectivity index (χ0n) is 12.1. The van der Waals surface area contributed by atoms with Gasteiger partial charge in [-0.05, 0) is 36.2 Å². The van der Waals surface area contributed by atoms with E-state index in [2.05, 4.69) is 18.2 Å². The second-order valence-corrected chi connectivity index (χ2v) is 4.68. The first-order valence-electron chi connectivity index (χ1n) is 6.76. The number of rotatable bonds is 6. The molecular weight excluding hydrogens is 250 g/mol. The topological polar surface area (TPSA) is 44.5 Å². The Labute approximate surface area is 120 Å². The Morgan fingerprint density at radius 1 is 0.900 bits per heavy atom. The van der Waals surface area contributed by atoms with E-state index in [9.17, 15) is 0 Å². The molecule has 3 nitrogen and oxygen atoms in total. The normalized spacial score (nSPS) is 10.3. The number of methoxy groups -OCH3 is 2. The van der Waals surface area contributed by atoms with E-state index >= 15 is 0 Å². The minimum atomic E-state index is 0.595. The Bertz CT molecular complexity index is 552. The summed E-state index contributed by atoms with van der Waals surface area (Å²) in [5.41, 5.74) is 9.10. The van der Waals surface area contributed by atoms with E-state index in [0.717, 1.165) is 35.5 Å². The van der Waals surface area contributed by atoms with Gasteiger partial charge < -0.3 is 15.2 Å². The largest absolute Gasteiger partial charge is 0.496 e. The van der Waals surface area contributed by atoms with E-state index in [0.29, 0.717) is 6.54 Å². The SMILES string of the molecule is COc1cc(Cc2ccccc2)c(OC)cc1CCN. The van der Waals surface area contributed by atoms with Crippen molar-refractivity contribution in [3.63, 3.8) is 0 Å². The zero-order valence-corrected chi connectivity index (χ0v) is 12.1. The third-order valence-corrected chi connectivity index (χ3v) is 3.33. The van der Waals surface area contributed by atoms with Gasteiger partial charge in [0.1, 0.15) is 11.5 Å². The molecule has 106 valence electrons. The van der Waals surface area contributed by atoms with Gasteiger partial charge in [0, 0.05) is 12.0 Å². The second kappa shape index (κ2) is 6.96. The van der Waals surface area contributed by atoms with Crippen molar-refractivity contribution in [3.05, 3.63) is 59.2 Å². The summed E-state index contributed by atoms with van der Waals surface area (Å²) in [4.78, 5) is 0. The van der Waals surface area contributed by atoms with Crippen molar-refractivity contribution in [3.8, 4) is 11.5 Å². The van der Waals surface area contributed by atoms with Gasteiger partial charge >= 0.3 is 0 Å². The molecule has 0 saturated carbocycles. The van der Waals surface area contributed by atoms with Crippen molar-refractivity contribution in [2.45, 2.75) is 12.8 Å². The molecule has 0 bridgehead atoms. The molecule has 0 fully saturated rings. The quantitative estimate of drug-likeness (QED) is 0.878. The monoisotopic (exact) mass is 271 g/mol. The van der Waals surface area contributed by atoms with Gasteiger partial charge in [0.25, 0.3) is 0 Å². The highest BCUT2D eigenvalue weighted by molar-refractivity contribution is 5.48. The van der Waals surface area contributed by atoms with Gasteiger partial charge in [0.15, 0.2) is 0 Å². The van der Waals surface area contributed by atoms with Crippen LogP contribution in [-0.4, -0.2) is 20.8 Å². The first-order valence-corrected chi connectivity index (χ1v) is 6.76. The zero-order chi connectivity index (χ0) is 14.4. The summed E-state index contributed by atoms with van der Waals surface area (Å²) in [5.74, 6) is 1.76. The van der Waals surface area contributed by atoms with Crippen LogP contribution in [0.4, 0.5) is 0 Å². The molecular formula is C17H21NO2. The van der Waals surface area contributed by atoms with Crippen LogP contribution in [0.1, 0.15) is 16.7 Å². The van der Waals surface area contributed by atoms with Gasteiger partial charge in [-0.3, -0.25) is 0 Å². The van der Waals surface area contributed by atoms with Crippen LogP contribution in [0.2, 0.25) is 0 Å². The number of benzene rings is 2. The highest BCUT2D eigenvalue weighted by Crippen LogP contribution is 2.30. The van der Waals surface area contributed by atoms with Gasteiger partial charge in [-0.2, -0.15) is 0 Å². The molecule has 20 heavy (non-hydrogen) atoms. The summed E-state index contributed by atoms with van der Waals surface area (Å²) in [6.07, 6.45) is 1.61. The average Bonchev–Trinajstić information content (AvgIpc) is 2.49. The van der Waals surface area contributed by atoms with Crippen molar-refractivity contribution in [2.75, 3.05) is 20.8 Å². The lowest BCUT2D eigenvalue weighted by Crippen LogP contribution is -2.06. The van der Waals surface area contributed by atoms with Crippen LogP contribution >= 0.6 is 0 Å². The summed E-state index contributed by atoms with van der Waals surface area (Å²) >= 11 is 0. The predicted octanol–water partition coefficient (Wildman–Crippen LogP) is 2.80. The Morgan fingerprint density at radius 3 is 2.10 bits per heavy atom. The van der Waals surface area contributed by atoms with E-state index in [1.165, 1.54) is 5.56 Å². The van der Waals surface area contributed by atoms with Crippen LogP contribution in [0, 0.1) is 0 Å². The molecule has 0 unspecified atom stereocenters. The van der Waals surface area contributed by atoms with Crippen LogP contribution < -0.4 is 15.2 Å². The lowest BCUT2D eigenvalue weighted by Gasteiger charge is -2.14. The Hall–Kier alpha value is -2.00. The van der Waals surface area contributed by atoms with Crippen molar-refractivity contribution in [1.82, 2.24) is 0 Å². The lowest BCUT2D eigenvalue weighted by molar-refractivity contribution is 0.395. The average molecular weight is 271 g/mol. The van der Waals surface area contributed by atoms with Gasteiger partial charge in [-0.1, -0.05) is 30.3 Å². The molecule has 2 aromatic carbocycles. The molecule has 0 aliphatic heterocycles. The third-order valence-electron chi connectivity index (χ3n) is 3.33. The number of nitrogens with two attached hydrogens (primary N) is 1. The van der Waals surface area contributed by atoms with E-state index < -0.39 is 0 Å². The molecule has 0 spiro atoms. The molecule has 0 atom stereocenters. The van der Waals surface area contributed by atoms with Crippen molar-refractivity contribution < 1.29 is 9.47 Å². The highest BCUT2D eigenvalue weighted by atomic mass is 16.5. The summed E-state index contributed by atoms with van der Waals surface area (Å²) in [5, 5.41) is 0. The van der Waals surface area contributed by atoms with Crippen LogP contribution in [-0.2, 0) is 12.8 Å². The van der Waals surface area contributed by atoms with Crippen LogP contribution in [0.15, 0.2) is 42.5 Å². The Kier molecular flexibility index (Phi) is 5.02. The molecule has 0 radical (unpaired) electrons. The van der Waals surface area contributed by atoms with Gasteiger partial charge in [-0.25, -0.2) is 0 Å². The first-order chi connectivity index (χ1) is 9.78. The molecule has 0 aliphatic carbocycles. The minimum absolute atomic E-state index is 0.595. The number of ether oxygens (including phenoxy) is 2. The molecule has 0 aromatic heterocycles. The minimum Gasteiger partial charge on any atom is -0.496 e. The Balaban J connectivity index is 2.36. The highest BCUT2D eigenvalue weighted by Gasteiger charge is 2.11. The molecule has 2 rings (SSSR count). The van der Waals surface area contributed by atoms with Gasteiger partial charge in [0.05, 0.1) is 14.2 Å². The van der Waals surface area contributed by atoms with E-state index in [1.54, 1.807) is 14.2 Å². The maximum atomic E-state index is 5.64. The lowest BCUT2D eigenvalue weighted by atomic mass is 10.0. The molecule has 0 amide bonds. The summed E-state index contributed by atoms with van der Waals surface area (Å²) in [6.45, 7) is 0.595. The second-order valence-electron chi connectivity index (χ2n) is 4.68. The van der Waals surface area contributed by atoms with Gasteiger partial charge in [0.2, 0.25) is 0 Å². The molecule has 3 heteroatoms. The fourth-order valence-corrected chi connectivity index (χ4v) is 2.33. The van der Waals surface area contributed by atoms with E-state index in [1.807, 2.05) is 24.3 Å². The molecule has 2 aromatic rings. The molecule has 0 aliphatic rings. The first kappa shape index (κ1) is 14.4. The van der Waals surface area contributed by atoms with Gasteiger partial charge in [-0.15, -0.1) is 0 Å². The van der Waals surface area contributed by atoms with Crippen LogP contribution in [0.3, 0.4) is 0 Å². The molecule has 0 saturated heterocycles. The summed E-state index contributed by atoms with van der Waals surface area (Å²) < 4.78 is 11.0. The van der Waals surface area contributed by atoms with Crippen molar-refractivity contribution in [1.29, 1.82) is 0 Å². The van der Waals surface area contributed by atoms with Crippen molar-refractivity contribution in [2.24, 2.45) is 5.73 Å². The summed E-state index contributed by atoms with van der Waals surface area (Å²) in [7, 11) is 3.39. The third kappa shape index (κ3) is 3.31. The van der Waals surface area contributed by atoms with E-state index in [4.69, 9.17) is 15.2 Å². The maximum absolute atomic E-state index is 5.64. The Morgan fingerprint density at radius 2 is 1.50 bits per heavy atom. The standard InChI is InChI=1S/C17H21NO2/c1-19-16-12-15(10-13-6-4-3-5-7-13)17(20-2)11-14(16)8-9-18/h3-7,11-12H,8-10,18H2,1-2H3. The molecule has 0 heterocycles. The van der Waals surface area contributed by atoms with E-state index in [-0.39, 0.29) is 0 Å². The smallest absolute Gasteiger partial charge is 0.122 e. The fourth-order valence-electron chi connectivity index (χ4n) is 2.33. The summed E-state index contributed by atoms with van der Waals surface area (Å²) in [6, 6.07) is 14.4.